The largest absolute Gasteiger partial charge is 0.453 e. The third-order valence-electron chi connectivity index (χ3n) is 5.95. The molecule has 200 valence electrons. The van der Waals surface area contributed by atoms with Gasteiger partial charge in [0.1, 0.15) is 28.7 Å². The van der Waals surface area contributed by atoms with Crippen LogP contribution in [0.5, 0.6) is 57.5 Å². The molecule has 0 aliphatic rings. The van der Waals surface area contributed by atoms with Crippen LogP contribution in [0.15, 0.2) is 158 Å². The van der Waals surface area contributed by atoms with E-state index in [1.165, 1.54) is 0 Å². The summed E-state index contributed by atoms with van der Waals surface area (Å²) in [5.74, 6) is 4.77. The Morgan fingerprint density at radius 3 is 0.780 bits per heavy atom. The van der Waals surface area contributed by atoms with Crippen LogP contribution in [0.3, 0.4) is 0 Å². The van der Waals surface area contributed by atoms with Crippen LogP contribution in [0.4, 0.5) is 0 Å². The molecule has 0 aliphatic carbocycles. The van der Waals surface area contributed by atoms with Crippen LogP contribution >= 0.6 is 0 Å². The standard InChI is InChI=1S/C36H26O5/c1-6-16-27(17-7-1)37-32-26-33(38-28-18-8-2-9-19-28)35(40-30-22-12-4-13-23-30)36(41-31-24-14-5-15-25-31)34(32)39-29-20-10-3-11-21-29/h1-26H. The maximum absolute atomic E-state index is 6.53. The molecule has 0 radical (unpaired) electrons. The Balaban J connectivity index is 1.58. The van der Waals surface area contributed by atoms with Crippen molar-refractivity contribution in [3.05, 3.63) is 158 Å². The zero-order valence-corrected chi connectivity index (χ0v) is 22.1. The fourth-order valence-corrected chi connectivity index (χ4v) is 4.06. The molecule has 0 spiro atoms. The number of para-hydroxylation sites is 5. The first-order valence-electron chi connectivity index (χ1n) is 13.2. The van der Waals surface area contributed by atoms with Crippen LogP contribution in [0, 0.1) is 0 Å². The van der Waals surface area contributed by atoms with Crippen molar-refractivity contribution in [2.75, 3.05) is 0 Å². The van der Waals surface area contributed by atoms with E-state index in [9.17, 15) is 0 Å². The van der Waals surface area contributed by atoms with Crippen molar-refractivity contribution in [2.24, 2.45) is 0 Å². The van der Waals surface area contributed by atoms with Gasteiger partial charge in [-0.25, -0.2) is 0 Å². The average Bonchev–Trinajstić information content (AvgIpc) is 3.03. The molecule has 0 aromatic heterocycles. The normalized spacial score (nSPS) is 10.4. The predicted octanol–water partition coefficient (Wildman–Crippen LogP) is 10.6. The molecule has 6 aromatic carbocycles. The van der Waals surface area contributed by atoms with Crippen LogP contribution in [0.1, 0.15) is 0 Å². The maximum atomic E-state index is 6.53. The summed E-state index contributed by atoms with van der Waals surface area (Å²) in [5, 5.41) is 0. The van der Waals surface area contributed by atoms with Crippen molar-refractivity contribution in [1.82, 2.24) is 0 Å². The van der Waals surface area contributed by atoms with E-state index in [2.05, 4.69) is 0 Å². The summed E-state index contributed by atoms with van der Waals surface area (Å²) >= 11 is 0. The maximum Gasteiger partial charge on any atom is 0.220 e. The summed E-state index contributed by atoms with van der Waals surface area (Å²) in [6.45, 7) is 0. The number of hydrogen-bond acceptors (Lipinski definition) is 5. The molecule has 6 aromatic rings. The van der Waals surface area contributed by atoms with E-state index < -0.39 is 0 Å². The molecule has 0 fully saturated rings. The molecule has 0 aliphatic heterocycles. The van der Waals surface area contributed by atoms with Gasteiger partial charge in [-0.1, -0.05) is 91.0 Å². The van der Waals surface area contributed by atoms with Crippen molar-refractivity contribution >= 4 is 0 Å². The summed E-state index contributed by atoms with van der Waals surface area (Å²) in [4.78, 5) is 0. The number of hydrogen-bond donors (Lipinski definition) is 0. The number of benzene rings is 6. The van der Waals surface area contributed by atoms with Gasteiger partial charge < -0.3 is 23.7 Å². The Morgan fingerprint density at radius 1 is 0.244 bits per heavy atom. The summed E-state index contributed by atoms with van der Waals surface area (Å²) in [6, 6.07) is 49.1. The Bertz CT molecular complexity index is 1570. The minimum absolute atomic E-state index is 0.295. The van der Waals surface area contributed by atoms with Gasteiger partial charge in [-0.3, -0.25) is 0 Å². The molecule has 41 heavy (non-hydrogen) atoms. The summed E-state index contributed by atoms with van der Waals surface area (Å²) in [5.41, 5.74) is 0. The molecule has 0 saturated heterocycles. The SMILES string of the molecule is c1ccc(Oc2cc(Oc3ccccc3)c(Oc3ccccc3)c(Oc3ccccc3)c2Oc2ccccc2)cc1. The van der Waals surface area contributed by atoms with E-state index in [0.717, 1.165) is 0 Å². The molecular formula is C36H26O5. The lowest BCUT2D eigenvalue weighted by Gasteiger charge is -2.22. The van der Waals surface area contributed by atoms with Gasteiger partial charge in [0.25, 0.3) is 0 Å². The van der Waals surface area contributed by atoms with Gasteiger partial charge >= 0.3 is 0 Å². The van der Waals surface area contributed by atoms with Crippen molar-refractivity contribution in [3.63, 3.8) is 0 Å². The molecule has 0 N–H and O–H groups in total. The lowest BCUT2D eigenvalue weighted by atomic mass is 10.2. The molecule has 0 saturated carbocycles. The van der Waals surface area contributed by atoms with Crippen LogP contribution in [0.2, 0.25) is 0 Å². The Morgan fingerprint density at radius 2 is 0.488 bits per heavy atom. The average molecular weight is 539 g/mol. The Hall–Kier alpha value is -5.68. The molecule has 0 bridgehead atoms. The van der Waals surface area contributed by atoms with E-state index in [1.807, 2.05) is 152 Å². The summed E-state index contributed by atoms with van der Waals surface area (Å²) in [6.07, 6.45) is 0. The molecule has 5 nitrogen and oxygen atoms in total. The van der Waals surface area contributed by atoms with Crippen molar-refractivity contribution < 1.29 is 23.7 Å². The third kappa shape index (κ3) is 6.49. The van der Waals surface area contributed by atoms with Gasteiger partial charge in [0.05, 0.1) is 0 Å². The quantitative estimate of drug-likeness (QED) is 0.174. The highest BCUT2D eigenvalue weighted by Gasteiger charge is 2.28. The molecular weight excluding hydrogens is 512 g/mol. The summed E-state index contributed by atoms with van der Waals surface area (Å²) < 4.78 is 32.3. The van der Waals surface area contributed by atoms with Gasteiger partial charge in [-0.2, -0.15) is 0 Å². The van der Waals surface area contributed by atoms with Crippen LogP contribution < -0.4 is 23.7 Å². The fourth-order valence-electron chi connectivity index (χ4n) is 4.06. The second-order valence-corrected chi connectivity index (χ2v) is 8.94. The Labute approximate surface area is 238 Å². The van der Waals surface area contributed by atoms with Crippen molar-refractivity contribution in [1.29, 1.82) is 0 Å². The first kappa shape index (κ1) is 25.6. The smallest absolute Gasteiger partial charge is 0.220 e. The highest BCUT2D eigenvalue weighted by Crippen LogP contribution is 2.56. The topological polar surface area (TPSA) is 46.2 Å². The van der Waals surface area contributed by atoms with Crippen molar-refractivity contribution in [3.8, 4) is 57.5 Å². The zero-order valence-electron chi connectivity index (χ0n) is 22.1. The van der Waals surface area contributed by atoms with E-state index in [4.69, 9.17) is 23.7 Å². The van der Waals surface area contributed by atoms with E-state index in [0.29, 0.717) is 57.5 Å². The fraction of sp³-hybridized carbons (Fsp3) is 0. The van der Waals surface area contributed by atoms with Gasteiger partial charge in [0, 0.05) is 6.07 Å². The summed E-state index contributed by atoms with van der Waals surface area (Å²) in [7, 11) is 0. The van der Waals surface area contributed by atoms with Gasteiger partial charge in [-0.15, -0.1) is 0 Å². The Kier molecular flexibility index (Phi) is 7.77. The van der Waals surface area contributed by atoms with Gasteiger partial charge in [0.2, 0.25) is 17.2 Å². The molecule has 6 rings (SSSR count). The minimum atomic E-state index is 0.295. The monoisotopic (exact) mass is 538 g/mol. The van der Waals surface area contributed by atoms with Gasteiger partial charge in [0.15, 0.2) is 11.5 Å². The predicted molar refractivity (Wildman–Crippen MR) is 159 cm³/mol. The second-order valence-electron chi connectivity index (χ2n) is 8.94. The molecule has 0 heterocycles. The minimum Gasteiger partial charge on any atom is -0.453 e. The third-order valence-corrected chi connectivity index (χ3v) is 5.95. The highest BCUT2D eigenvalue weighted by molar-refractivity contribution is 5.69. The van der Waals surface area contributed by atoms with Crippen LogP contribution in [0.25, 0.3) is 0 Å². The lowest BCUT2D eigenvalue weighted by molar-refractivity contribution is 0.350. The van der Waals surface area contributed by atoms with E-state index >= 15 is 0 Å². The number of rotatable bonds is 10. The first-order chi connectivity index (χ1) is 20.3. The van der Waals surface area contributed by atoms with Crippen LogP contribution in [-0.2, 0) is 0 Å². The highest BCUT2D eigenvalue weighted by atomic mass is 16.6. The molecule has 0 atom stereocenters. The second kappa shape index (κ2) is 12.5. The number of ether oxygens (including phenoxy) is 5. The van der Waals surface area contributed by atoms with E-state index in [-0.39, 0.29) is 0 Å². The van der Waals surface area contributed by atoms with Gasteiger partial charge in [-0.05, 0) is 60.7 Å². The molecule has 0 amide bonds. The molecule has 5 heteroatoms. The van der Waals surface area contributed by atoms with Crippen molar-refractivity contribution in [2.45, 2.75) is 0 Å². The van der Waals surface area contributed by atoms with Crippen LogP contribution in [-0.4, -0.2) is 0 Å². The first-order valence-corrected chi connectivity index (χ1v) is 13.2. The molecule has 0 unspecified atom stereocenters. The lowest BCUT2D eigenvalue weighted by Crippen LogP contribution is -2.00. The zero-order chi connectivity index (χ0) is 27.7. The van der Waals surface area contributed by atoms with E-state index in [1.54, 1.807) is 6.07 Å².